The average molecular weight is 204 g/mol. The molecular formula is C11H16N4. The number of rotatable bonds is 2. The molecule has 1 saturated heterocycles. The van der Waals surface area contributed by atoms with Crippen LogP contribution >= 0.6 is 0 Å². The molecule has 2 rings (SSSR count). The zero-order valence-corrected chi connectivity index (χ0v) is 9.03. The third-order valence-corrected chi connectivity index (χ3v) is 2.68. The Bertz CT molecular complexity index is 356. The van der Waals surface area contributed by atoms with Gasteiger partial charge >= 0.3 is 0 Å². The smallest absolute Gasteiger partial charge is 0.139 e. The lowest BCUT2D eigenvalue weighted by Crippen LogP contribution is -2.44. The van der Waals surface area contributed by atoms with E-state index in [0.29, 0.717) is 0 Å². The summed E-state index contributed by atoms with van der Waals surface area (Å²) < 4.78 is 0. The van der Waals surface area contributed by atoms with Gasteiger partial charge in [0.15, 0.2) is 0 Å². The Labute approximate surface area is 90.0 Å². The predicted molar refractivity (Wildman–Crippen MR) is 61.9 cm³/mol. The van der Waals surface area contributed by atoms with Gasteiger partial charge in [0.05, 0.1) is 5.69 Å². The van der Waals surface area contributed by atoms with Crippen LogP contribution in [0.15, 0.2) is 12.9 Å². The molecule has 80 valence electrons. The normalized spacial score (nSPS) is 16.5. The number of aromatic nitrogens is 2. The number of hydrogen-bond acceptors (Lipinski definition) is 4. The van der Waals surface area contributed by atoms with Gasteiger partial charge in [-0.15, -0.1) is 0 Å². The van der Waals surface area contributed by atoms with E-state index in [1.54, 1.807) is 6.33 Å². The van der Waals surface area contributed by atoms with Gasteiger partial charge in [-0.3, -0.25) is 0 Å². The fourth-order valence-electron chi connectivity index (χ4n) is 1.84. The fourth-order valence-corrected chi connectivity index (χ4v) is 1.84. The monoisotopic (exact) mass is 204 g/mol. The molecule has 0 unspecified atom stereocenters. The van der Waals surface area contributed by atoms with Gasteiger partial charge in [-0.1, -0.05) is 12.7 Å². The van der Waals surface area contributed by atoms with Gasteiger partial charge in [0.1, 0.15) is 12.1 Å². The minimum atomic E-state index is 0.994. The Morgan fingerprint density at radius 3 is 2.80 bits per heavy atom. The molecule has 15 heavy (non-hydrogen) atoms. The quantitative estimate of drug-likeness (QED) is 0.775. The molecule has 1 aliphatic rings. The van der Waals surface area contributed by atoms with Gasteiger partial charge in [-0.05, 0) is 6.92 Å². The number of anilines is 1. The third-order valence-electron chi connectivity index (χ3n) is 2.68. The molecule has 0 bridgehead atoms. The summed E-state index contributed by atoms with van der Waals surface area (Å²) in [4.78, 5) is 10.8. The molecule has 2 heterocycles. The summed E-state index contributed by atoms with van der Waals surface area (Å²) in [7, 11) is 0. The molecule has 4 nitrogen and oxygen atoms in total. The largest absolute Gasteiger partial charge is 0.353 e. The van der Waals surface area contributed by atoms with Crippen molar-refractivity contribution in [3.05, 3.63) is 24.2 Å². The number of hydrogen-bond donors (Lipinski definition) is 1. The highest BCUT2D eigenvalue weighted by Crippen LogP contribution is 2.20. The Morgan fingerprint density at radius 2 is 2.13 bits per heavy atom. The summed E-state index contributed by atoms with van der Waals surface area (Å²) >= 11 is 0. The summed E-state index contributed by atoms with van der Waals surface area (Å²) in [6, 6.07) is 0. The topological polar surface area (TPSA) is 41.1 Å². The summed E-state index contributed by atoms with van der Waals surface area (Å²) in [5.74, 6) is 1.01. The maximum atomic E-state index is 4.35. The van der Waals surface area contributed by atoms with Crippen LogP contribution in [-0.2, 0) is 0 Å². The fraction of sp³-hybridized carbons (Fsp3) is 0.455. The first-order chi connectivity index (χ1) is 7.33. The molecule has 0 aliphatic carbocycles. The van der Waals surface area contributed by atoms with Crippen LogP contribution in [-0.4, -0.2) is 36.1 Å². The van der Waals surface area contributed by atoms with Gasteiger partial charge in [-0.2, -0.15) is 0 Å². The maximum absolute atomic E-state index is 4.35. The Hall–Kier alpha value is -1.42. The molecule has 1 aromatic rings. The second kappa shape index (κ2) is 4.40. The highest BCUT2D eigenvalue weighted by atomic mass is 15.2. The van der Waals surface area contributed by atoms with Crippen LogP contribution in [0.25, 0.3) is 6.08 Å². The van der Waals surface area contributed by atoms with Gasteiger partial charge in [0.2, 0.25) is 0 Å². The standard InChI is InChI=1S/C11H16N4/c1-3-10-9(2)13-8-14-11(10)15-6-4-12-5-7-15/h3,8,12H,1,4-7H2,2H3. The highest BCUT2D eigenvalue weighted by molar-refractivity contribution is 5.64. The van der Waals surface area contributed by atoms with Crippen molar-refractivity contribution in [2.75, 3.05) is 31.1 Å². The first-order valence-corrected chi connectivity index (χ1v) is 5.22. The van der Waals surface area contributed by atoms with E-state index >= 15 is 0 Å². The number of nitrogens with one attached hydrogen (secondary N) is 1. The van der Waals surface area contributed by atoms with E-state index in [1.165, 1.54) is 0 Å². The van der Waals surface area contributed by atoms with Crippen LogP contribution in [0.5, 0.6) is 0 Å². The van der Waals surface area contributed by atoms with E-state index in [1.807, 2.05) is 13.0 Å². The Kier molecular flexibility index (Phi) is 2.97. The summed E-state index contributed by atoms with van der Waals surface area (Å²) in [6.07, 6.45) is 3.46. The molecule has 1 fully saturated rings. The van der Waals surface area contributed by atoms with Crippen molar-refractivity contribution >= 4 is 11.9 Å². The van der Waals surface area contributed by atoms with Crippen molar-refractivity contribution in [3.8, 4) is 0 Å². The lowest BCUT2D eigenvalue weighted by atomic mass is 10.2. The molecule has 0 spiro atoms. The lowest BCUT2D eigenvalue weighted by Gasteiger charge is -2.29. The van der Waals surface area contributed by atoms with E-state index in [4.69, 9.17) is 0 Å². The van der Waals surface area contributed by atoms with Crippen molar-refractivity contribution in [1.29, 1.82) is 0 Å². The van der Waals surface area contributed by atoms with Crippen LogP contribution in [0.4, 0.5) is 5.82 Å². The minimum Gasteiger partial charge on any atom is -0.353 e. The van der Waals surface area contributed by atoms with Gasteiger partial charge in [-0.25, -0.2) is 9.97 Å². The van der Waals surface area contributed by atoms with Gasteiger partial charge < -0.3 is 10.2 Å². The van der Waals surface area contributed by atoms with E-state index in [2.05, 4.69) is 26.8 Å². The van der Waals surface area contributed by atoms with Crippen LogP contribution in [0, 0.1) is 6.92 Å². The van der Waals surface area contributed by atoms with Crippen molar-refractivity contribution < 1.29 is 0 Å². The zero-order valence-electron chi connectivity index (χ0n) is 9.03. The predicted octanol–water partition coefficient (Wildman–Crippen LogP) is 0.838. The summed E-state index contributed by atoms with van der Waals surface area (Å²) in [6.45, 7) is 9.84. The Morgan fingerprint density at radius 1 is 1.40 bits per heavy atom. The minimum absolute atomic E-state index is 0.994. The van der Waals surface area contributed by atoms with Gasteiger partial charge in [0, 0.05) is 31.7 Å². The van der Waals surface area contributed by atoms with E-state index in [0.717, 1.165) is 43.3 Å². The number of piperazine rings is 1. The molecule has 0 aromatic carbocycles. The molecule has 0 amide bonds. The van der Waals surface area contributed by atoms with Crippen LogP contribution < -0.4 is 10.2 Å². The molecular weight excluding hydrogens is 188 g/mol. The molecule has 4 heteroatoms. The zero-order chi connectivity index (χ0) is 10.7. The lowest BCUT2D eigenvalue weighted by molar-refractivity contribution is 0.584. The molecule has 1 aromatic heterocycles. The van der Waals surface area contributed by atoms with Crippen molar-refractivity contribution in [2.24, 2.45) is 0 Å². The summed E-state index contributed by atoms with van der Waals surface area (Å²) in [5, 5.41) is 3.33. The van der Waals surface area contributed by atoms with Crippen molar-refractivity contribution in [2.45, 2.75) is 6.92 Å². The molecule has 1 aliphatic heterocycles. The Balaban J connectivity index is 2.33. The molecule has 1 N–H and O–H groups in total. The number of nitrogens with zero attached hydrogens (tertiary/aromatic N) is 3. The van der Waals surface area contributed by atoms with Crippen LogP contribution in [0.2, 0.25) is 0 Å². The second-order valence-electron chi connectivity index (χ2n) is 3.64. The van der Waals surface area contributed by atoms with Crippen molar-refractivity contribution in [1.82, 2.24) is 15.3 Å². The maximum Gasteiger partial charge on any atom is 0.139 e. The highest BCUT2D eigenvalue weighted by Gasteiger charge is 2.15. The van der Waals surface area contributed by atoms with Crippen molar-refractivity contribution in [3.63, 3.8) is 0 Å². The SMILES string of the molecule is C=Cc1c(C)ncnc1N1CCNCC1. The summed E-state index contributed by atoms with van der Waals surface area (Å²) in [5.41, 5.74) is 2.05. The third kappa shape index (κ3) is 1.99. The second-order valence-corrected chi connectivity index (χ2v) is 3.64. The van der Waals surface area contributed by atoms with E-state index in [-0.39, 0.29) is 0 Å². The van der Waals surface area contributed by atoms with E-state index < -0.39 is 0 Å². The first kappa shape index (κ1) is 10.1. The molecule has 0 saturated carbocycles. The van der Waals surface area contributed by atoms with Crippen LogP contribution in [0.1, 0.15) is 11.3 Å². The van der Waals surface area contributed by atoms with Gasteiger partial charge in [0.25, 0.3) is 0 Å². The first-order valence-electron chi connectivity index (χ1n) is 5.22. The molecule has 0 radical (unpaired) electrons. The van der Waals surface area contributed by atoms with Crippen LogP contribution in [0.3, 0.4) is 0 Å². The number of aryl methyl sites for hydroxylation is 1. The average Bonchev–Trinajstić information content (AvgIpc) is 2.30. The molecule has 0 atom stereocenters. The van der Waals surface area contributed by atoms with E-state index in [9.17, 15) is 0 Å².